The molecule has 0 aliphatic rings. The van der Waals surface area contributed by atoms with Crippen LogP contribution in [0.15, 0.2) is 0 Å². The summed E-state index contributed by atoms with van der Waals surface area (Å²) in [5.41, 5.74) is 5.40. The van der Waals surface area contributed by atoms with Crippen LogP contribution >= 0.6 is 32.3 Å². The van der Waals surface area contributed by atoms with E-state index in [4.69, 9.17) is 5.73 Å². The van der Waals surface area contributed by atoms with Gasteiger partial charge in [-0.1, -0.05) is 0 Å². The first-order valence-corrected chi connectivity index (χ1v) is 7.40. The van der Waals surface area contributed by atoms with Crippen molar-refractivity contribution < 1.29 is 0 Å². The van der Waals surface area contributed by atoms with Gasteiger partial charge in [0.25, 0.3) is 0 Å². The van der Waals surface area contributed by atoms with Crippen LogP contribution in [0.1, 0.15) is 25.7 Å². The maximum Gasteiger partial charge on any atom is 0.0239 e. The number of halogens is 2. The van der Waals surface area contributed by atoms with Crippen LogP contribution < -0.4 is 16.4 Å². The number of hydrogen-bond acceptors (Lipinski definition) is 4. The monoisotopic (exact) mass is 358 g/mol. The molecule has 98 valence electrons. The summed E-state index contributed by atoms with van der Waals surface area (Å²) >= 11 is 6.61. The summed E-state index contributed by atoms with van der Waals surface area (Å²) in [5, 5.41) is 6.80. The molecule has 6 heteroatoms. The van der Waals surface area contributed by atoms with Crippen LogP contribution in [0.3, 0.4) is 0 Å². The molecule has 0 aliphatic heterocycles. The third kappa shape index (κ3) is 14.8. The highest BCUT2D eigenvalue weighted by molar-refractivity contribution is 9.21. The van der Waals surface area contributed by atoms with Crippen LogP contribution in [0.25, 0.3) is 0 Å². The van der Waals surface area contributed by atoms with E-state index in [9.17, 15) is 0 Å². The van der Waals surface area contributed by atoms with Gasteiger partial charge in [0.05, 0.1) is 0 Å². The highest BCUT2D eigenvalue weighted by Gasteiger charge is 1.93. The van der Waals surface area contributed by atoms with E-state index in [1.165, 1.54) is 12.8 Å². The molecule has 0 fully saturated rings. The molecule has 0 bridgehead atoms. The first kappa shape index (κ1) is 16.8. The van der Waals surface area contributed by atoms with Crippen LogP contribution in [0.5, 0.6) is 0 Å². The lowest BCUT2D eigenvalue weighted by atomic mass is 10.3. The van der Waals surface area contributed by atoms with Crippen molar-refractivity contribution in [2.45, 2.75) is 25.7 Å². The van der Waals surface area contributed by atoms with Crippen molar-refractivity contribution >= 4 is 32.3 Å². The van der Waals surface area contributed by atoms with Gasteiger partial charge in [-0.25, -0.2) is 0 Å². The maximum absolute atomic E-state index is 5.40. The van der Waals surface area contributed by atoms with Crippen molar-refractivity contribution in [3.8, 4) is 0 Å². The van der Waals surface area contributed by atoms with Crippen molar-refractivity contribution in [2.75, 3.05) is 39.3 Å². The minimum Gasteiger partial charge on any atom is -0.330 e. The topological polar surface area (TPSA) is 53.3 Å². The molecule has 0 aromatic rings. The van der Waals surface area contributed by atoms with Gasteiger partial charge < -0.3 is 16.4 Å². The van der Waals surface area contributed by atoms with Crippen LogP contribution in [0.4, 0.5) is 0 Å². The highest BCUT2D eigenvalue weighted by Crippen LogP contribution is 2.04. The molecule has 0 unspecified atom stereocenters. The smallest absolute Gasteiger partial charge is 0.0239 e. The van der Waals surface area contributed by atoms with Crippen LogP contribution in [-0.4, -0.2) is 42.2 Å². The van der Waals surface area contributed by atoms with Gasteiger partial charge in [-0.2, -0.15) is 2.95 Å². The second-order valence-electron chi connectivity index (χ2n) is 3.73. The van der Waals surface area contributed by atoms with Gasteiger partial charge in [-0.15, -0.1) is 0 Å². The van der Waals surface area contributed by atoms with Crippen molar-refractivity contribution in [3.05, 3.63) is 0 Å². The number of hydrogen-bond donors (Lipinski definition) is 3. The zero-order valence-corrected chi connectivity index (χ0v) is 13.0. The molecule has 16 heavy (non-hydrogen) atoms. The van der Waals surface area contributed by atoms with E-state index in [1.807, 2.05) is 2.95 Å². The first-order valence-electron chi connectivity index (χ1n) is 5.98. The minimum absolute atomic E-state index is 0.784. The summed E-state index contributed by atoms with van der Waals surface area (Å²) in [7, 11) is 0. The van der Waals surface area contributed by atoms with Crippen molar-refractivity contribution in [1.82, 2.24) is 13.6 Å². The Morgan fingerprint density at radius 1 is 0.812 bits per heavy atom. The van der Waals surface area contributed by atoms with E-state index in [1.54, 1.807) is 0 Å². The molecular weight excluding hydrogens is 336 g/mol. The van der Waals surface area contributed by atoms with E-state index in [0.717, 1.165) is 52.1 Å². The molecule has 0 aromatic carbocycles. The predicted octanol–water partition coefficient (Wildman–Crippen LogP) is 1.61. The van der Waals surface area contributed by atoms with E-state index < -0.39 is 0 Å². The van der Waals surface area contributed by atoms with Gasteiger partial charge in [-0.3, -0.25) is 0 Å². The number of unbranched alkanes of at least 4 members (excludes halogenated alkanes) is 1. The van der Waals surface area contributed by atoms with E-state index >= 15 is 0 Å². The largest absolute Gasteiger partial charge is 0.330 e. The Bertz CT molecular complexity index is 136. The Kier molecular flexibility index (Phi) is 14.6. The summed E-state index contributed by atoms with van der Waals surface area (Å²) in [6.45, 7) is 6.15. The standard InChI is InChI=1S/C10H24Br2N4/c11-16(12)10-4-9-15-7-2-1-6-14-8-3-5-13/h14-15H,1-10,13H2. The van der Waals surface area contributed by atoms with Gasteiger partial charge in [0, 0.05) is 38.8 Å². The molecule has 0 radical (unpaired) electrons. The number of nitrogens with two attached hydrogens (primary N) is 1. The second-order valence-corrected chi connectivity index (χ2v) is 6.39. The predicted molar refractivity (Wildman–Crippen MR) is 77.8 cm³/mol. The fourth-order valence-corrected chi connectivity index (χ4v) is 1.80. The van der Waals surface area contributed by atoms with Crippen LogP contribution in [0, 0.1) is 0 Å². The zero-order valence-electron chi connectivity index (χ0n) is 9.85. The number of nitrogens with zero attached hydrogens (tertiary/aromatic N) is 1. The summed E-state index contributed by atoms with van der Waals surface area (Å²) in [4.78, 5) is 0. The zero-order chi connectivity index (χ0) is 12.1. The number of rotatable bonds is 12. The van der Waals surface area contributed by atoms with Gasteiger partial charge in [0.1, 0.15) is 0 Å². The Hall–Kier alpha value is 0.800. The lowest BCUT2D eigenvalue weighted by Crippen LogP contribution is -2.22. The summed E-state index contributed by atoms with van der Waals surface area (Å²) < 4.78 is 1.85. The van der Waals surface area contributed by atoms with Crippen molar-refractivity contribution in [3.63, 3.8) is 0 Å². The molecular formula is C10H24Br2N4. The Labute approximate surface area is 116 Å². The Morgan fingerprint density at radius 3 is 1.81 bits per heavy atom. The minimum atomic E-state index is 0.784. The Balaban J connectivity index is 2.88. The molecule has 0 aromatic heterocycles. The maximum atomic E-state index is 5.40. The normalized spacial score (nSPS) is 11.2. The second kappa shape index (κ2) is 13.9. The average Bonchev–Trinajstić information content (AvgIpc) is 2.25. The highest BCUT2D eigenvalue weighted by atomic mass is 79.9. The van der Waals surface area contributed by atoms with Crippen LogP contribution in [-0.2, 0) is 0 Å². The molecule has 0 rings (SSSR count). The lowest BCUT2D eigenvalue weighted by molar-refractivity contribution is 0.560. The van der Waals surface area contributed by atoms with Crippen molar-refractivity contribution in [2.24, 2.45) is 5.73 Å². The summed E-state index contributed by atoms with van der Waals surface area (Å²) in [6.07, 6.45) is 4.70. The van der Waals surface area contributed by atoms with Crippen molar-refractivity contribution in [1.29, 1.82) is 0 Å². The molecule has 0 atom stereocenters. The molecule has 0 aliphatic carbocycles. The molecule has 0 heterocycles. The van der Waals surface area contributed by atoms with Gasteiger partial charge in [0.15, 0.2) is 0 Å². The van der Waals surface area contributed by atoms with E-state index in [0.29, 0.717) is 0 Å². The summed E-state index contributed by atoms with van der Waals surface area (Å²) in [6, 6.07) is 0. The SMILES string of the molecule is NCCCNCCCCNCCCN(Br)Br. The summed E-state index contributed by atoms with van der Waals surface area (Å²) in [5.74, 6) is 0. The molecule has 0 saturated carbocycles. The first-order chi connectivity index (χ1) is 7.77. The molecule has 0 spiro atoms. The fourth-order valence-electron chi connectivity index (χ4n) is 1.30. The van der Waals surface area contributed by atoms with Gasteiger partial charge in [-0.05, 0) is 58.4 Å². The van der Waals surface area contributed by atoms with Gasteiger partial charge >= 0.3 is 0 Å². The third-order valence-corrected chi connectivity index (χ3v) is 2.90. The van der Waals surface area contributed by atoms with Gasteiger partial charge in [0.2, 0.25) is 0 Å². The molecule has 0 amide bonds. The fraction of sp³-hybridized carbons (Fsp3) is 1.00. The van der Waals surface area contributed by atoms with Crippen LogP contribution in [0.2, 0.25) is 0 Å². The average molecular weight is 360 g/mol. The quantitative estimate of drug-likeness (QED) is 0.366. The molecule has 0 saturated heterocycles. The molecule has 4 nitrogen and oxygen atoms in total. The Morgan fingerprint density at radius 2 is 1.31 bits per heavy atom. The molecule has 4 N–H and O–H groups in total. The number of nitrogens with one attached hydrogen (secondary N) is 2. The third-order valence-electron chi connectivity index (χ3n) is 2.20. The van der Waals surface area contributed by atoms with E-state index in [2.05, 4.69) is 42.9 Å². The lowest BCUT2D eigenvalue weighted by Gasteiger charge is -2.07. The van der Waals surface area contributed by atoms with E-state index in [-0.39, 0.29) is 0 Å².